The lowest BCUT2D eigenvalue weighted by Gasteiger charge is -2.19. The quantitative estimate of drug-likeness (QED) is 0.840. The van der Waals surface area contributed by atoms with E-state index in [-0.39, 0.29) is 32.2 Å². The van der Waals surface area contributed by atoms with E-state index in [1.54, 1.807) is 11.3 Å². The van der Waals surface area contributed by atoms with E-state index in [0.29, 0.717) is 0 Å². The van der Waals surface area contributed by atoms with E-state index in [2.05, 4.69) is 0 Å². The van der Waals surface area contributed by atoms with E-state index < -0.39 is 0 Å². The highest BCUT2D eigenvalue weighted by Crippen LogP contribution is 2.30. The first kappa shape index (κ1) is 13.5. The Labute approximate surface area is 111 Å². The van der Waals surface area contributed by atoms with Crippen LogP contribution in [0.15, 0.2) is 6.07 Å². The Hall–Kier alpha value is -0.910. The molecule has 18 heavy (non-hydrogen) atoms. The predicted octanol–water partition coefficient (Wildman–Crippen LogP) is 1.05. The number of carbonyl (C=O) groups excluding carboxylic acids is 1. The summed E-state index contributed by atoms with van der Waals surface area (Å²) in [6, 6.07) is 1.99. The molecule has 100 valence electrons. The number of aliphatic hydroxyl groups excluding tert-OH is 2. The van der Waals surface area contributed by atoms with Crippen LogP contribution in [0.25, 0.3) is 0 Å². The zero-order valence-corrected chi connectivity index (χ0v) is 11.2. The Balaban J connectivity index is 2.13. The van der Waals surface area contributed by atoms with E-state index in [9.17, 15) is 4.79 Å². The van der Waals surface area contributed by atoms with Gasteiger partial charge in [-0.2, -0.15) is 0 Å². The molecule has 0 radical (unpaired) electrons. The number of aryl methyl sites for hydroxylation is 2. The first-order chi connectivity index (χ1) is 8.76. The third kappa shape index (κ3) is 2.91. The summed E-state index contributed by atoms with van der Waals surface area (Å²) in [5.74, 6) is -0.0718. The zero-order valence-electron chi connectivity index (χ0n) is 10.4. The number of rotatable bonds is 5. The molecule has 1 heterocycles. The van der Waals surface area contributed by atoms with Gasteiger partial charge in [-0.1, -0.05) is 0 Å². The number of thiophene rings is 1. The zero-order chi connectivity index (χ0) is 13.0. The molecule has 0 aromatic carbocycles. The van der Waals surface area contributed by atoms with Gasteiger partial charge in [0.1, 0.15) is 0 Å². The molecule has 1 aromatic rings. The minimum Gasteiger partial charge on any atom is -0.395 e. The van der Waals surface area contributed by atoms with Crippen LogP contribution >= 0.6 is 11.3 Å². The first-order valence-electron chi connectivity index (χ1n) is 6.39. The van der Waals surface area contributed by atoms with Crippen LogP contribution in [0.5, 0.6) is 0 Å². The Morgan fingerprint density at radius 3 is 2.50 bits per heavy atom. The Morgan fingerprint density at radius 2 is 1.89 bits per heavy atom. The number of fused-ring (bicyclic) bond motifs is 1. The summed E-state index contributed by atoms with van der Waals surface area (Å²) < 4.78 is 0. The highest BCUT2D eigenvalue weighted by Gasteiger charge is 2.20. The molecule has 0 bridgehead atoms. The van der Waals surface area contributed by atoms with Crippen molar-refractivity contribution in [3.8, 4) is 0 Å². The monoisotopic (exact) mass is 269 g/mol. The SMILES string of the molecule is O=C(c1cc2c(s1)CCCC2)N(CCO)CCO. The standard InChI is InChI=1S/C13H19NO3S/c15-7-5-14(6-8-16)13(17)12-9-10-3-1-2-4-11(10)18-12/h9,15-16H,1-8H2. The second kappa shape index (κ2) is 6.31. The summed E-state index contributed by atoms with van der Waals surface area (Å²) in [6.45, 7) is 0.414. The molecule has 2 N–H and O–H groups in total. The molecule has 0 saturated heterocycles. The van der Waals surface area contributed by atoms with E-state index in [1.165, 1.54) is 28.2 Å². The summed E-state index contributed by atoms with van der Waals surface area (Å²) >= 11 is 1.57. The van der Waals surface area contributed by atoms with Crippen molar-refractivity contribution in [3.63, 3.8) is 0 Å². The summed E-state index contributed by atoms with van der Waals surface area (Å²) in [5, 5.41) is 17.9. The molecule has 0 spiro atoms. The van der Waals surface area contributed by atoms with E-state index in [1.807, 2.05) is 6.07 Å². The van der Waals surface area contributed by atoms with Crippen LogP contribution < -0.4 is 0 Å². The van der Waals surface area contributed by atoms with Crippen LogP contribution in [0.2, 0.25) is 0 Å². The first-order valence-corrected chi connectivity index (χ1v) is 7.20. The van der Waals surface area contributed by atoms with Gasteiger partial charge in [0.25, 0.3) is 5.91 Å². The lowest BCUT2D eigenvalue weighted by atomic mass is 9.99. The van der Waals surface area contributed by atoms with Crippen molar-refractivity contribution in [2.24, 2.45) is 0 Å². The van der Waals surface area contributed by atoms with E-state index in [4.69, 9.17) is 10.2 Å². The summed E-state index contributed by atoms with van der Waals surface area (Å²) in [7, 11) is 0. The maximum Gasteiger partial charge on any atom is 0.264 e. The van der Waals surface area contributed by atoms with Crippen molar-refractivity contribution in [1.29, 1.82) is 0 Å². The van der Waals surface area contributed by atoms with Gasteiger partial charge in [0.15, 0.2) is 0 Å². The number of nitrogens with zero attached hydrogens (tertiary/aromatic N) is 1. The molecule has 2 rings (SSSR count). The fraction of sp³-hybridized carbons (Fsp3) is 0.615. The van der Waals surface area contributed by atoms with Crippen molar-refractivity contribution in [3.05, 3.63) is 21.4 Å². The minimum absolute atomic E-state index is 0.0718. The van der Waals surface area contributed by atoms with E-state index in [0.717, 1.165) is 17.7 Å². The molecule has 0 atom stereocenters. The fourth-order valence-electron chi connectivity index (χ4n) is 2.31. The van der Waals surface area contributed by atoms with Gasteiger partial charge in [-0.25, -0.2) is 0 Å². The largest absolute Gasteiger partial charge is 0.395 e. The minimum atomic E-state index is -0.0726. The highest BCUT2D eigenvalue weighted by molar-refractivity contribution is 7.14. The molecule has 5 heteroatoms. The van der Waals surface area contributed by atoms with Crippen molar-refractivity contribution in [2.45, 2.75) is 25.7 Å². The predicted molar refractivity (Wildman–Crippen MR) is 71.0 cm³/mol. The van der Waals surface area contributed by atoms with Crippen molar-refractivity contribution in [2.75, 3.05) is 26.3 Å². The van der Waals surface area contributed by atoms with Crippen LogP contribution in [0.3, 0.4) is 0 Å². The van der Waals surface area contributed by atoms with Gasteiger partial charge >= 0.3 is 0 Å². The second-order valence-corrected chi connectivity index (χ2v) is 5.64. The lowest BCUT2D eigenvalue weighted by Crippen LogP contribution is -2.35. The van der Waals surface area contributed by atoms with Crippen molar-refractivity contribution in [1.82, 2.24) is 4.90 Å². The molecule has 1 amide bonds. The Kier molecular flexibility index (Phi) is 4.74. The summed E-state index contributed by atoms with van der Waals surface area (Å²) in [4.78, 5) is 15.8. The average molecular weight is 269 g/mol. The lowest BCUT2D eigenvalue weighted by molar-refractivity contribution is 0.0689. The topological polar surface area (TPSA) is 60.8 Å². The van der Waals surface area contributed by atoms with Gasteiger partial charge in [-0.3, -0.25) is 4.79 Å². The van der Waals surface area contributed by atoms with Gasteiger partial charge in [0.2, 0.25) is 0 Å². The molecule has 0 fully saturated rings. The van der Waals surface area contributed by atoms with Gasteiger partial charge in [0, 0.05) is 18.0 Å². The normalized spacial score (nSPS) is 14.3. The van der Waals surface area contributed by atoms with Crippen LogP contribution in [-0.2, 0) is 12.8 Å². The maximum atomic E-state index is 12.3. The smallest absolute Gasteiger partial charge is 0.264 e. The third-order valence-electron chi connectivity index (χ3n) is 3.23. The number of amides is 1. The highest BCUT2D eigenvalue weighted by atomic mass is 32.1. The third-order valence-corrected chi connectivity index (χ3v) is 4.46. The molecule has 0 saturated carbocycles. The second-order valence-electron chi connectivity index (χ2n) is 4.51. The molecule has 1 aliphatic rings. The molecule has 4 nitrogen and oxygen atoms in total. The van der Waals surface area contributed by atoms with Gasteiger partial charge in [0.05, 0.1) is 18.1 Å². The maximum absolute atomic E-state index is 12.3. The fourth-order valence-corrected chi connectivity index (χ4v) is 3.53. The average Bonchev–Trinajstić information content (AvgIpc) is 2.81. The van der Waals surface area contributed by atoms with Crippen LogP contribution in [0.1, 0.15) is 33.0 Å². The number of hydrogen-bond donors (Lipinski definition) is 2. The summed E-state index contributed by atoms with van der Waals surface area (Å²) in [6.07, 6.45) is 4.55. The molecular weight excluding hydrogens is 250 g/mol. The molecular formula is C13H19NO3S. The van der Waals surface area contributed by atoms with E-state index >= 15 is 0 Å². The van der Waals surface area contributed by atoms with Crippen LogP contribution in [0, 0.1) is 0 Å². The van der Waals surface area contributed by atoms with Crippen molar-refractivity contribution < 1.29 is 15.0 Å². The number of carbonyl (C=O) groups is 1. The van der Waals surface area contributed by atoms with Gasteiger partial charge in [-0.15, -0.1) is 11.3 Å². The number of hydrogen-bond acceptors (Lipinski definition) is 4. The molecule has 1 aliphatic carbocycles. The molecule has 0 aliphatic heterocycles. The molecule has 0 unspecified atom stereocenters. The number of aliphatic hydroxyl groups is 2. The molecule has 1 aromatic heterocycles. The van der Waals surface area contributed by atoms with Crippen LogP contribution in [-0.4, -0.2) is 47.3 Å². The van der Waals surface area contributed by atoms with Crippen molar-refractivity contribution >= 4 is 17.2 Å². The Bertz CT molecular complexity index is 387. The van der Waals surface area contributed by atoms with Gasteiger partial charge in [-0.05, 0) is 37.3 Å². The van der Waals surface area contributed by atoms with Gasteiger partial charge < -0.3 is 15.1 Å². The van der Waals surface area contributed by atoms with Crippen LogP contribution in [0.4, 0.5) is 0 Å². The summed E-state index contributed by atoms with van der Waals surface area (Å²) in [5.41, 5.74) is 1.31. The Morgan fingerprint density at radius 1 is 1.22 bits per heavy atom.